The van der Waals surface area contributed by atoms with E-state index < -0.39 is 0 Å². The molecule has 1 saturated carbocycles. The number of rotatable bonds is 1. The molecule has 1 aromatic rings. The Hall–Kier alpha value is -0.790. The van der Waals surface area contributed by atoms with Gasteiger partial charge in [0.2, 0.25) is 0 Å². The number of fused-ring (bicyclic) bond motifs is 1. The Morgan fingerprint density at radius 2 is 1.69 bits per heavy atom. The van der Waals surface area contributed by atoms with Crippen molar-refractivity contribution in [3.05, 3.63) is 17.5 Å². The second kappa shape index (κ2) is 6.72. The number of aromatic nitrogens is 2. The largest absolute Gasteiger partial charge is 0.269 e. The van der Waals surface area contributed by atoms with Crippen LogP contribution in [0.3, 0.4) is 0 Å². The topological polar surface area (TPSA) is 17.8 Å². The van der Waals surface area contributed by atoms with Gasteiger partial charge in [0.1, 0.15) is 0 Å². The molecular weight excluding hydrogens is 196 g/mol. The number of nitrogens with zero attached hydrogens (tertiary/aromatic N) is 2. The van der Waals surface area contributed by atoms with Crippen LogP contribution < -0.4 is 0 Å². The van der Waals surface area contributed by atoms with Gasteiger partial charge in [-0.1, -0.05) is 27.7 Å². The maximum absolute atomic E-state index is 4.63. The lowest BCUT2D eigenvalue weighted by atomic mass is 9.99. The van der Waals surface area contributed by atoms with Crippen molar-refractivity contribution >= 4 is 0 Å². The molecule has 92 valence electrons. The van der Waals surface area contributed by atoms with Crippen LogP contribution in [-0.2, 0) is 12.8 Å². The van der Waals surface area contributed by atoms with E-state index in [0.717, 1.165) is 6.04 Å². The molecule has 1 aromatic heterocycles. The molecule has 0 aromatic carbocycles. The second-order valence-corrected chi connectivity index (χ2v) is 4.02. The summed E-state index contributed by atoms with van der Waals surface area (Å²) < 4.78 is 2.20. The lowest BCUT2D eigenvalue weighted by Gasteiger charge is -2.06. The van der Waals surface area contributed by atoms with Gasteiger partial charge in [-0.2, -0.15) is 5.10 Å². The monoisotopic (exact) mass is 222 g/mol. The highest BCUT2D eigenvalue weighted by Gasteiger charge is 2.26. The lowest BCUT2D eigenvalue weighted by Crippen LogP contribution is -2.00. The van der Waals surface area contributed by atoms with Crippen LogP contribution in [0, 0.1) is 0 Å². The number of aryl methyl sites for hydroxylation is 2. The third-order valence-corrected chi connectivity index (χ3v) is 2.93. The van der Waals surface area contributed by atoms with Gasteiger partial charge < -0.3 is 0 Å². The van der Waals surface area contributed by atoms with Gasteiger partial charge >= 0.3 is 0 Å². The van der Waals surface area contributed by atoms with Crippen molar-refractivity contribution in [1.29, 1.82) is 0 Å². The summed E-state index contributed by atoms with van der Waals surface area (Å²) in [5.74, 6) is 0. The summed E-state index contributed by atoms with van der Waals surface area (Å²) in [6.07, 6.45) is 10.2. The molecule has 0 atom stereocenters. The molecule has 0 unspecified atom stereocenters. The molecule has 0 spiro atoms. The smallest absolute Gasteiger partial charge is 0.0656 e. The number of hydrogen-bond acceptors (Lipinski definition) is 1. The van der Waals surface area contributed by atoms with Crippen molar-refractivity contribution in [2.24, 2.45) is 0 Å². The molecule has 0 saturated heterocycles. The first-order chi connectivity index (χ1) is 7.93. The molecule has 0 aliphatic heterocycles. The maximum Gasteiger partial charge on any atom is 0.0656 e. The Labute approximate surface area is 100 Å². The van der Waals surface area contributed by atoms with Crippen LogP contribution in [0.5, 0.6) is 0 Å². The first kappa shape index (κ1) is 13.3. The van der Waals surface area contributed by atoms with E-state index in [0.29, 0.717) is 0 Å². The molecule has 1 fully saturated rings. The minimum Gasteiger partial charge on any atom is -0.269 e. The summed E-state index contributed by atoms with van der Waals surface area (Å²) in [6.45, 7) is 8.00. The van der Waals surface area contributed by atoms with Gasteiger partial charge in [-0.3, -0.25) is 4.68 Å². The summed E-state index contributed by atoms with van der Waals surface area (Å²) in [5.41, 5.74) is 2.90. The minimum atomic E-state index is 0.760. The summed E-state index contributed by atoms with van der Waals surface area (Å²) in [7, 11) is 0. The molecule has 16 heavy (non-hydrogen) atoms. The zero-order valence-electron chi connectivity index (χ0n) is 11.3. The highest BCUT2D eigenvalue weighted by atomic mass is 15.3. The molecule has 1 heterocycles. The fourth-order valence-corrected chi connectivity index (χ4v) is 2.02. The molecule has 0 amide bonds. The minimum absolute atomic E-state index is 0.760. The van der Waals surface area contributed by atoms with Gasteiger partial charge in [0.05, 0.1) is 11.7 Å². The Morgan fingerprint density at radius 3 is 2.25 bits per heavy atom. The zero-order valence-corrected chi connectivity index (χ0v) is 11.3. The molecule has 0 radical (unpaired) electrons. The van der Waals surface area contributed by atoms with Gasteiger partial charge in [0.25, 0.3) is 0 Å². The van der Waals surface area contributed by atoms with Gasteiger partial charge in [-0.15, -0.1) is 0 Å². The van der Waals surface area contributed by atoms with Gasteiger partial charge in [-0.25, -0.2) is 0 Å². The highest BCUT2D eigenvalue weighted by Crippen LogP contribution is 2.35. The molecule has 0 N–H and O–H groups in total. The van der Waals surface area contributed by atoms with Crippen molar-refractivity contribution < 1.29 is 0 Å². The van der Waals surface area contributed by atoms with Crippen LogP contribution in [0.25, 0.3) is 0 Å². The van der Waals surface area contributed by atoms with E-state index in [-0.39, 0.29) is 0 Å². The molecule has 2 aliphatic carbocycles. The maximum atomic E-state index is 4.63. The predicted octanol–water partition coefficient (Wildman–Crippen LogP) is 4.15. The molecule has 2 aliphatic rings. The summed E-state index contributed by atoms with van der Waals surface area (Å²) in [5, 5.41) is 4.63. The summed E-state index contributed by atoms with van der Waals surface area (Å²) in [6, 6.07) is 0.760. The molecule has 0 bridgehead atoms. The molecular formula is C14H26N2. The van der Waals surface area contributed by atoms with E-state index >= 15 is 0 Å². The average molecular weight is 222 g/mol. The third kappa shape index (κ3) is 3.10. The number of hydrogen-bond donors (Lipinski definition) is 0. The van der Waals surface area contributed by atoms with Crippen molar-refractivity contribution in [1.82, 2.24) is 9.78 Å². The van der Waals surface area contributed by atoms with Gasteiger partial charge in [-0.05, 0) is 44.1 Å². The standard InChI is InChI=1S/C10H14N2.2C2H6/c1-2-4-10-8(3-1)7-12(11-10)9-5-6-9;2*1-2/h7,9H,1-6H2;2*1-2H3. The highest BCUT2D eigenvalue weighted by molar-refractivity contribution is 5.20. The Morgan fingerprint density at radius 1 is 1.06 bits per heavy atom. The average Bonchev–Trinajstić information content (AvgIpc) is 3.14. The van der Waals surface area contributed by atoms with E-state index in [9.17, 15) is 0 Å². The van der Waals surface area contributed by atoms with E-state index in [1.807, 2.05) is 27.7 Å². The lowest BCUT2D eigenvalue weighted by molar-refractivity contribution is 0.619. The fourth-order valence-electron chi connectivity index (χ4n) is 2.02. The van der Waals surface area contributed by atoms with Gasteiger partial charge in [0, 0.05) is 6.20 Å². The van der Waals surface area contributed by atoms with Crippen molar-refractivity contribution in [3.8, 4) is 0 Å². The molecule has 3 rings (SSSR count). The predicted molar refractivity (Wildman–Crippen MR) is 69.8 cm³/mol. The quantitative estimate of drug-likeness (QED) is 0.698. The summed E-state index contributed by atoms with van der Waals surface area (Å²) in [4.78, 5) is 0. The fraction of sp³-hybridized carbons (Fsp3) is 0.786. The van der Waals surface area contributed by atoms with Crippen LogP contribution in [0.4, 0.5) is 0 Å². The van der Waals surface area contributed by atoms with Crippen LogP contribution >= 0.6 is 0 Å². The van der Waals surface area contributed by atoms with Crippen LogP contribution in [0.1, 0.15) is 70.7 Å². The third-order valence-electron chi connectivity index (χ3n) is 2.93. The van der Waals surface area contributed by atoms with E-state index in [4.69, 9.17) is 0 Å². The molecule has 2 nitrogen and oxygen atoms in total. The SMILES string of the molecule is CC.CC.c1c2c(nn1C1CC1)CCCC2. The molecule has 2 heteroatoms. The van der Waals surface area contributed by atoms with E-state index in [1.165, 1.54) is 49.8 Å². The Bertz CT molecular complexity index is 274. The van der Waals surface area contributed by atoms with Crippen LogP contribution in [0.2, 0.25) is 0 Å². The Balaban J connectivity index is 0.000000291. The van der Waals surface area contributed by atoms with Gasteiger partial charge in [0.15, 0.2) is 0 Å². The van der Waals surface area contributed by atoms with Crippen molar-refractivity contribution in [2.75, 3.05) is 0 Å². The first-order valence-corrected chi connectivity index (χ1v) is 7.00. The van der Waals surface area contributed by atoms with E-state index in [1.54, 1.807) is 0 Å². The van der Waals surface area contributed by atoms with Crippen molar-refractivity contribution in [3.63, 3.8) is 0 Å². The Kier molecular flexibility index (Phi) is 5.58. The van der Waals surface area contributed by atoms with Crippen molar-refractivity contribution in [2.45, 2.75) is 72.3 Å². The first-order valence-electron chi connectivity index (χ1n) is 7.00. The summed E-state index contributed by atoms with van der Waals surface area (Å²) >= 11 is 0. The second-order valence-electron chi connectivity index (χ2n) is 4.02. The van der Waals surface area contributed by atoms with Crippen LogP contribution in [0.15, 0.2) is 6.20 Å². The normalized spacial score (nSPS) is 17.5. The zero-order chi connectivity index (χ0) is 12.0. The van der Waals surface area contributed by atoms with Crippen LogP contribution in [-0.4, -0.2) is 9.78 Å². The van der Waals surface area contributed by atoms with E-state index in [2.05, 4.69) is 16.0 Å².